The van der Waals surface area contributed by atoms with E-state index in [1.54, 1.807) is 18.2 Å². The zero-order valence-corrected chi connectivity index (χ0v) is 16.4. The van der Waals surface area contributed by atoms with Crippen LogP contribution in [0.5, 0.6) is 0 Å². The number of rotatable bonds is 5. The highest BCUT2D eigenvalue weighted by Crippen LogP contribution is 2.26. The molecule has 144 valence electrons. The maximum absolute atomic E-state index is 12.9. The smallest absolute Gasteiger partial charge is 0.252 e. The van der Waals surface area contributed by atoms with Crippen LogP contribution in [0.3, 0.4) is 0 Å². The van der Waals surface area contributed by atoms with E-state index >= 15 is 0 Å². The van der Waals surface area contributed by atoms with E-state index < -0.39 is 6.04 Å². The molecule has 0 aliphatic rings. The van der Waals surface area contributed by atoms with E-state index in [-0.39, 0.29) is 5.91 Å². The van der Waals surface area contributed by atoms with Crippen molar-refractivity contribution in [1.29, 1.82) is 0 Å². The standard InChI is InChI=1S/C23H18ClN3O2/c1-15-6-5-9-18(14-15)21(28)25-20(16-7-3-2-4-8-16)23-27-26-22(29-23)17-10-12-19(24)13-11-17/h2-14,20H,1H3,(H,25,28)/t20-/m1/s1. The van der Waals surface area contributed by atoms with Gasteiger partial charge < -0.3 is 9.73 Å². The quantitative estimate of drug-likeness (QED) is 0.496. The molecular weight excluding hydrogens is 386 g/mol. The van der Waals surface area contributed by atoms with Crippen molar-refractivity contribution in [3.05, 3.63) is 106 Å². The number of aryl methyl sites for hydroxylation is 1. The Balaban J connectivity index is 1.66. The number of nitrogens with zero attached hydrogens (tertiary/aromatic N) is 2. The van der Waals surface area contributed by atoms with Crippen LogP contribution in [-0.2, 0) is 0 Å². The molecule has 1 heterocycles. The first kappa shape index (κ1) is 18.9. The van der Waals surface area contributed by atoms with Gasteiger partial charge in [0.1, 0.15) is 6.04 Å². The predicted molar refractivity (Wildman–Crippen MR) is 112 cm³/mol. The number of nitrogens with one attached hydrogen (secondary N) is 1. The second-order valence-corrected chi connectivity index (χ2v) is 7.08. The van der Waals surface area contributed by atoms with E-state index in [1.807, 2.05) is 67.6 Å². The molecule has 4 aromatic rings. The Morgan fingerprint density at radius 3 is 2.45 bits per heavy atom. The molecule has 1 atom stereocenters. The first-order chi connectivity index (χ1) is 14.1. The van der Waals surface area contributed by atoms with Gasteiger partial charge in [-0.15, -0.1) is 10.2 Å². The number of carbonyl (C=O) groups is 1. The molecule has 29 heavy (non-hydrogen) atoms. The predicted octanol–water partition coefficient (Wildman–Crippen LogP) is 5.22. The fourth-order valence-corrected chi connectivity index (χ4v) is 3.12. The monoisotopic (exact) mass is 403 g/mol. The lowest BCUT2D eigenvalue weighted by molar-refractivity contribution is 0.0938. The van der Waals surface area contributed by atoms with Crippen molar-refractivity contribution >= 4 is 17.5 Å². The van der Waals surface area contributed by atoms with Crippen LogP contribution in [0.1, 0.15) is 33.4 Å². The maximum Gasteiger partial charge on any atom is 0.252 e. The third-order valence-electron chi connectivity index (χ3n) is 4.47. The van der Waals surface area contributed by atoms with Crippen molar-refractivity contribution in [2.45, 2.75) is 13.0 Å². The number of hydrogen-bond donors (Lipinski definition) is 1. The molecule has 1 aromatic heterocycles. The molecule has 0 saturated carbocycles. The van der Waals surface area contributed by atoms with Gasteiger partial charge in [0, 0.05) is 16.1 Å². The summed E-state index contributed by atoms with van der Waals surface area (Å²) in [5.74, 6) is 0.457. The topological polar surface area (TPSA) is 68.0 Å². The Labute approximate surface area is 173 Å². The van der Waals surface area contributed by atoms with Crippen LogP contribution < -0.4 is 5.32 Å². The second-order valence-electron chi connectivity index (χ2n) is 6.64. The highest BCUT2D eigenvalue weighted by atomic mass is 35.5. The Morgan fingerprint density at radius 2 is 1.72 bits per heavy atom. The van der Waals surface area contributed by atoms with Gasteiger partial charge in [-0.05, 0) is 48.9 Å². The Hall–Kier alpha value is -3.44. The Morgan fingerprint density at radius 1 is 0.966 bits per heavy atom. The van der Waals surface area contributed by atoms with Crippen molar-refractivity contribution in [1.82, 2.24) is 15.5 Å². The van der Waals surface area contributed by atoms with Crippen LogP contribution in [-0.4, -0.2) is 16.1 Å². The van der Waals surface area contributed by atoms with Crippen LogP contribution in [0, 0.1) is 6.92 Å². The lowest BCUT2D eigenvalue weighted by atomic mass is 10.1. The lowest BCUT2D eigenvalue weighted by Crippen LogP contribution is -2.29. The SMILES string of the molecule is Cc1cccc(C(=O)N[C@H](c2ccccc2)c2nnc(-c3ccc(Cl)cc3)o2)c1. The summed E-state index contributed by atoms with van der Waals surface area (Å²) in [5.41, 5.74) is 3.19. The van der Waals surface area contributed by atoms with E-state index in [4.69, 9.17) is 16.0 Å². The van der Waals surface area contributed by atoms with E-state index in [0.717, 1.165) is 16.7 Å². The molecule has 5 nitrogen and oxygen atoms in total. The average molecular weight is 404 g/mol. The molecule has 6 heteroatoms. The summed E-state index contributed by atoms with van der Waals surface area (Å²) in [4.78, 5) is 12.9. The first-order valence-corrected chi connectivity index (χ1v) is 9.50. The zero-order valence-electron chi connectivity index (χ0n) is 15.7. The van der Waals surface area contributed by atoms with Crippen LogP contribution in [0.2, 0.25) is 5.02 Å². The minimum absolute atomic E-state index is 0.214. The summed E-state index contributed by atoms with van der Waals surface area (Å²) in [6.07, 6.45) is 0. The number of aromatic nitrogens is 2. The van der Waals surface area contributed by atoms with E-state index in [1.165, 1.54) is 0 Å². The fourth-order valence-electron chi connectivity index (χ4n) is 2.99. The number of benzene rings is 3. The van der Waals surface area contributed by atoms with Crippen molar-refractivity contribution in [3.8, 4) is 11.5 Å². The summed E-state index contributed by atoms with van der Waals surface area (Å²) in [5, 5.41) is 12.0. The second kappa shape index (κ2) is 8.29. The molecule has 0 bridgehead atoms. The van der Waals surface area contributed by atoms with E-state index in [0.29, 0.717) is 22.4 Å². The molecule has 3 aromatic carbocycles. The van der Waals surface area contributed by atoms with Crippen LogP contribution in [0.25, 0.3) is 11.5 Å². The number of amides is 1. The van der Waals surface area contributed by atoms with Crippen molar-refractivity contribution in [3.63, 3.8) is 0 Å². The molecule has 0 aliphatic heterocycles. The van der Waals surface area contributed by atoms with Gasteiger partial charge in [-0.25, -0.2) is 0 Å². The molecule has 0 unspecified atom stereocenters. The summed E-state index contributed by atoms with van der Waals surface area (Å²) in [6, 6.07) is 23.5. The highest BCUT2D eigenvalue weighted by molar-refractivity contribution is 6.30. The van der Waals surface area contributed by atoms with E-state index in [2.05, 4.69) is 15.5 Å². The van der Waals surface area contributed by atoms with Gasteiger partial charge in [-0.3, -0.25) is 4.79 Å². The minimum Gasteiger partial charge on any atom is -0.418 e. The van der Waals surface area contributed by atoms with Gasteiger partial charge in [0.05, 0.1) is 0 Å². The number of carbonyl (C=O) groups excluding carboxylic acids is 1. The van der Waals surface area contributed by atoms with Crippen molar-refractivity contribution < 1.29 is 9.21 Å². The molecule has 4 rings (SSSR count). The average Bonchev–Trinajstić information content (AvgIpc) is 3.23. The van der Waals surface area contributed by atoms with Gasteiger partial charge in [0.25, 0.3) is 5.91 Å². The van der Waals surface area contributed by atoms with Gasteiger partial charge in [-0.1, -0.05) is 59.6 Å². The Bertz CT molecular complexity index is 1120. The van der Waals surface area contributed by atoms with Gasteiger partial charge in [0.15, 0.2) is 0 Å². The van der Waals surface area contributed by atoms with Crippen LogP contribution in [0.15, 0.2) is 83.3 Å². The third-order valence-corrected chi connectivity index (χ3v) is 4.72. The third kappa shape index (κ3) is 4.36. The molecule has 1 N–H and O–H groups in total. The van der Waals surface area contributed by atoms with Crippen LogP contribution >= 0.6 is 11.6 Å². The van der Waals surface area contributed by atoms with Gasteiger partial charge in [-0.2, -0.15) is 0 Å². The summed E-state index contributed by atoms with van der Waals surface area (Å²) >= 11 is 5.95. The highest BCUT2D eigenvalue weighted by Gasteiger charge is 2.24. The van der Waals surface area contributed by atoms with E-state index in [9.17, 15) is 4.79 Å². The molecule has 0 spiro atoms. The molecule has 0 radical (unpaired) electrons. The number of hydrogen-bond acceptors (Lipinski definition) is 4. The van der Waals surface area contributed by atoms with Gasteiger partial charge in [0.2, 0.25) is 11.8 Å². The maximum atomic E-state index is 12.9. The zero-order chi connectivity index (χ0) is 20.2. The molecule has 0 aliphatic carbocycles. The lowest BCUT2D eigenvalue weighted by Gasteiger charge is -2.16. The van der Waals surface area contributed by atoms with Crippen molar-refractivity contribution in [2.24, 2.45) is 0 Å². The largest absolute Gasteiger partial charge is 0.418 e. The molecular formula is C23H18ClN3O2. The molecule has 0 saturated heterocycles. The fraction of sp³-hybridized carbons (Fsp3) is 0.0870. The normalized spacial score (nSPS) is 11.8. The summed E-state index contributed by atoms with van der Waals surface area (Å²) < 4.78 is 5.91. The molecule has 1 amide bonds. The van der Waals surface area contributed by atoms with Crippen molar-refractivity contribution in [2.75, 3.05) is 0 Å². The Kier molecular flexibility index (Phi) is 5.40. The summed E-state index contributed by atoms with van der Waals surface area (Å²) in [6.45, 7) is 1.95. The van der Waals surface area contributed by atoms with Gasteiger partial charge >= 0.3 is 0 Å². The molecule has 0 fully saturated rings. The summed E-state index contributed by atoms with van der Waals surface area (Å²) in [7, 11) is 0. The van der Waals surface area contributed by atoms with Crippen LogP contribution in [0.4, 0.5) is 0 Å². The number of halogens is 1. The first-order valence-electron chi connectivity index (χ1n) is 9.12. The minimum atomic E-state index is -0.572.